The molecule has 0 unspecified atom stereocenters. The minimum absolute atomic E-state index is 0.122. The van der Waals surface area contributed by atoms with Crippen molar-refractivity contribution in [2.45, 2.75) is 25.7 Å². The third-order valence-electron chi connectivity index (χ3n) is 8.04. The third kappa shape index (κ3) is 6.69. The van der Waals surface area contributed by atoms with E-state index in [4.69, 9.17) is 0 Å². The largest absolute Gasteiger partial charge is 0.288 e. The topological polar surface area (TPSA) is 158 Å². The quantitative estimate of drug-likeness (QED) is 0.0996. The molecule has 6 rings (SSSR count). The highest BCUT2D eigenvalue weighted by Gasteiger charge is 2.23. The number of benzene rings is 4. The summed E-state index contributed by atoms with van der Waals surface area (Å²) in [7, 11) is 0. The Morgan fingerprint density at radius 3 is 1.40 bits per heavy atom. The van der Waals surface area contributed by atoms with E-state index < -0.39 is 21.7 Å². The van der Waals surface area contributed by atoms with Gasteiger partial charge in [-0.05, 0) is 94.8 Å². The maximum atomic E-state index is 14.1. The molecule has 2 heterocycles. The second-order valence-electron chi connectivity index (χ2n) is 10.9. The highest BCUT2D eigenvalue weighted by atomic mass is 16.6. The van der Waals surface area contributed by atoms with Gasteiger partial charge in [0.25, 0.3) is 23.2 Å². The van der Waals surface area contributed by atoms with E-state index in [-0.39, 0.29) is 22.5 Å². The van der Waals surface area contributed by atoms with E-state index >= 15 is 0 Å². The Balaban J connectivity index is 1.40. The van der Waals surface area contributed by atoms with Gasteiger partial charge in [0.05, 0.1) is 21.0 Å². The van der Waals surface area contributed by atoms with Crippen LogP contribution in [0.2, 0.25) is 0 Å². The maximum absolute atomic E-state index is 14.1. The Morgan fingerprint density at radius 1 is 0.574 bits per heavy atom. The predicted octanol–water partition coefficient (Wildman–Crippen LogP) is 6.74. The van der Waals surface area contributed by atoms with E-state index in [1.807, 2.05) is 36.4 Å². The standard InChI is InChI=1S/C36H27N5O6/c42-35(33-23(11-13-27-5-1-3-19-37-27)7-9-25-21-29(40(44)45)15-17-31(25)33)39-36(43)34-24(12-14-28-6-2-4-20-38-28)8-10-26-22-30(41(46)47)16-18-32(26)34/h1-10,15-22H,11-14H2,(H,39,42,43). The third-order valence-corrected chi connectivity index (χ3v) is 8.04. The number of nitro benzene ring substituents is 2. The first-order chi connectivity index (χ1) is 22.8. The van der Waals surface area contributed by atoms with E-state index in [1.165, 1.54) is 36.4 Å². The molecule has 0 aliphatic heterocycles. The number of aryl methyl sites for hydroxylation is 4. The van der Waals surface area contributed by atoms with E-state index in [0.29, 0.717) is 58.4 Å². The van der Waals surface area contributed by atoms with Gasteiger partial charge >= 0.3 is 0 Å². The molecule has 0 saturated carbocycles. The van der Waals surface area contributed by atoms with E-state index in [9.17, 15) is 29.8 Å². The molecule has 1 N–H and O–H groups in total. The lowest BCUT2D eigenvalue weighted by molar-refractivity contribution is -0.384. The molecule has 0 saturated heterocycles. The summed E-state index contributed by atoms with van der Waals surface area (Å²) in [6.07, 6.45) is 5.26. The van der Waals surface area contributed by atoms with Gasteiger partial charge in [0, 0.05) is 48.0 Å². The number of amides is 2. The van der Waals surface area contributed by atoms with Crippen LogP contribution in [-0.2, 0) is 25.7 Å². The van der Waals surface area contributed by atoms with Crippen LogP contribution in [0.4, 0.5) is 11.4 Å². The van der Waals surface area contributed by atoms with Crippen molar-refractivity contribution in [2.75, 3.05) is 0 Å². The van der Waals surface area contributed by atoms with Crippen LogP contribution in [0, 0.1) is 20.2 Å². The number of fused-ring (bicyclic) bond motifs is 2. The van der Waals surface area contributed by atoms with Crippen LogP contribution >= 0.6 is 0 Å². The first-order valence-corrected chi connectivity index (χ1v) is 14.8. The van der Waals surface area contributed by atoms with Crippen molar-refractivity contribution >= 4 is 44.7 Å². The number of hydrogen-bond donors (Lipinski definition) is 1. The number of carbonyl (C=O) groups excluding carboxylic acids is 2. The van der Waals surface area contributed by atoms with E-state index in [0.717, 1.165) is 11.4 Å². The van der Waals surface area contributed by atoms with Gasteiger partial charge in [0.15, 0.2) is 0 Å². The Morgan fingerprint density at radius 2 is 1.02 bits per heavy atom. The van der Waals surface area contributed by atoms with Crippen molar-refractivity contribution in [3.05, 3.63) is 163 Å². The number of nitro groups is 2. The van der Waals surface area contributed by atoms with Crippen LogP contribution in [0.5, 0.6) is 0 Å². The molecule has 0 bridgehead atoms. The summed E-state index contributed by atoms with van der Waals surface area (Å²) in [5.41, 5.74) is 3.15. The van der Waals surface area contributed by atoms with Crippen LogP contribution in [0.1, 0.15) is 43.2 Å². The van der Waals surface area contributed by atoms with Gasteiger partial charge in [0.1, 0.15) is 0 Å². The summed E-state index contributed by atoms with van der Waals surface area (Å²) in [6, 6.07) is 26.5. The number of imide groups is 1. The first kappa shape index (κ1) is 30.7. The second kappa shape index (κ2) is 13.3. The fraction of sp³-hybridized carbons (Fsp3) is 0.111. The Kier molecular flexibility index (Phi) is 8.69. The van der Waals surface area contributed by atoms with Crippen LogP contribution in [0.15, 0.2) is 109 Å². The van der Waals surface area contributed by atoms with Gasteiger partial charge in [-0.15, -0.1) is 0 Å². The molecule has 47 heavy (non-hydrogen) atoms. The van der Waals surface area contributed by atoms with Crippen LogP contribution in [0.25, 0.3) is 21.5 Å². The molecule has 11 heteroatoms. The average Bonchev–Trinajstić information content (AvgIpc) is 3.09. The SMILES string of the molecule is O=C(NC(=O)c1c(CCc2ccccn2)ccc2cc([N+](=O)[O-])ccc12)c1c(CCc2ccccn2)ccc2cc([N+](=O)[O-])ccc12. The molecule has 6 aromatic rings. The van der Waals surface area contributed by atoms with E-state index in [1.54, 1.807) is 36.7 Å². The minimum atomic E-state index is -0.667. The molecule has 4 aromatic carbocycles. The van der Waals surface area contributed by atoms with Crippen molar-refractivity contribution in [3.8, 4) is 0 Å². The number of nitrogens with zero attached hydrogens (tertiary/aromatic N) is 4. The summed E-state index contributed by atoms with van der Waals surface area (Å²) in [4.78, 5) is 58.8. The number of pyridine rings is 2. The highest BCUT2D eigenvalue weighted by molar-refractivity contribution is 6.19. The van der Waals surface area contributed by atoms with Gasteiger partial charge in [-0.2, -0.15) is 0 Å². The van der Waals surface area contributed by atoms with Gasteiger partial charge < -0.3 is 0 Å². The molecular formula is C36H27N5O6. The molecule has 0 aliphatic rings. The summed E-state index contributed by atoms with van der Waals surface area (Å²) in [5.74, 6) is -1.33. The molecule has 0 spiro atoms. The number of non-ortho nitro benzene ring substituents is 2. The van der Waals surface area contributed by atoms with Crippen molar-refractivity contribution in [3.63, 3.8) is 0 Å². The zero-order valence-corrected chi connectivity index (χ0v) is 25.0. The van der Waals surface area contributed by atoms with Crippen LogP contribution < -0.4 is 5.32 Å². The molecule has 0 aliphatic carbocycles. The number of nitrogens with one attached hydrogen (secondary N) is 1. The zero-order valence-electron chi connectivity index (χ0n) is 25.0. The molecular weight excluding hydrogens is 598 g/mol. The lowest BCUT2D eigenvalue weighted by atomic mass is 9.93. The maximum Gasteiger partial charge on any atom is 0.270 e. The summed E-state index contributed by atoms with van der Waals surface area (Å²) >= 11 is 0. The van der Waals surface area contributed by atoms with Gasteiger partial charge in [-0.1, -0.05) is 36.4 Å². The van der Waals surface area contributed by atoms with Crippen molar-refractivity contribution in [1.82, 2.24) is 15.3 Å². The predicted molar refractivity (Wildman–Crippen MR) is 176 cm³/mol. The lowest BCUT2D eigenvalue weighted by Crippen LogP contribution is -2.32. The number of hydrogen-bond acceptors (Lipinski definition) is 8. The fourth-order valence-electron chi connectivity index (χ4n) is 5.75. The normalized spacial score (nSPS) is 11.0. The summed E-state index contributed by atoms with van der Waals surface area (Å²) in [6.45, 7) is 0. The molecule has 2 amide bonds. The fourth-order valence-corrected chi connectivity index (χ4v) is 5.75. The summed E-state index contributed by atoms with van der Waals surface area (Å²) < 4.78 is 0. The average molecular weight is 626 g/mol. The van der Waals surface area contributed by atoms with Gasteiger partial charge in [0.2, 0.25) is 0 Å². The van der Waals surface area contributed by atoms with Crippen LogP contribution in [-0.4, -0.2) is 31.6 Å². The summed E-state index contributed by atoms with van der Waals surface area (Å²) in [5, 5.41) is 27.4. The first-order valence-electron chi connectivity index (χ1n) is 14.8. The van der Waals surface area contributed by atoms with Crippen LogP contribution in [0.3, 0.4) is 0 Å². The van der Waals surface area contributed by atoms with Crippen molar-refractivity contribution in [1.29, 1.82) is 0 Å². The Bertz CT molecular complexity index is 2020. The molecule has 11 nitrogen and oxygen atoms in total. The molecule has 232 valence electrons. The monoisotopic (exact) mass is 625 g/mol. The minimum Gasteiger partial charge on any atom is -0.288 e. The molecule has 0 atom stereocenters. The zero-order chi connectivity index (χ0) is 32.9. The molecule has 0 radical (unpaired) electrons. The lowest BCUT2D eigenvalue weighted by Gasteiger charge is -2.16. The van der Waals surface area contributed by atoms with Crippen molar-refractivity contribution < 1.29 is 19.4 Å². The smallest absolute Gasteiger partial charge is 0.270 e. The highest BCUT2D eigenvalue weighted by Crippen LogP contribution is 2.30. The van der Waals surface area contributed by atoms with Gasteiger partial charge in [-0.25, -0.2) is 0 Å². The Hall–Kier alpha value is -6.36. The van der Waals surface area contributed by atoms with Crippen molar-refractivity contribution in [2.24, 2.45) is 0 Å². The molecule has 2 aromatic heterocycles. The van der Waals surface area contributed by atoms with Gasteiger partial charge in [-0.3, -0.25) is 45.1 Å². The Labute approximate surface area is 268 Å². The number of rotatable bonds is 10. The number of carbonyl (C=O) groups is 2. The number of aromatic nitrogens is 2. The van der Waals surface area contributed by atoms with E-state index in [2.05, 4.69) is 15.3 Å². The molecule has 0 fully saturated rings. The second-order valence-corrected chi connectivity index (χ2v) is 10.9.